The summed E-state index contributed by atoms with van der Waals surface area (Å²) >= 11 is 7.53. The predicted octanol–water partition coefficient (Wildman–Crippen LogP) is 20.7. The van der Waals surface area contributed by atoms with Gasteiger partial charge in [0.2, 0.25) is 0 Å². The minimum Gasteiger partial charge on any atom is -0.457 e. The average molecular weight is 1090 g/mol. The van der Waals surface area contributed by atoms with Crippen LogP contribution in [-0.4, -0.2) is 0 Å². The molecule has 74 heavy (non-hydrogen) atoms. The lowest BCUT2D eigenvalue weighted by Gasteiger charge is -2.32. The second-order valence-corrected chi connectivity index (χ2v) is 19.2. The van der Waals surface area contributed by atoms with E-state index in [0.29, 0.717) is 17.2 Å². The van der Waals surface area contributed by atoms with Crippen molar-refractivity contribution in [3.8, 4) is 23.0 Å². The molecule has 0 bridgehead atoms. The van der Waals surface area contributed by atoms with Gasteiger partial charge in [-0.25, -0.2) is 0 Å². The van der Waals surface area contributed by atoms with Crippen molar-refractivity contribution >= 4 is 100 Å². The molecule has 0 saturated heterocycles. The summed E-state index contributed by atoms with van der Waals surface area (Å²) in [5, 5.41) is 0. The van der Waals surface area contributed by atoms with Gasteiger partial charge in [-0.05, 0) is 146 Å². The van der Waals surface area contributed by atoms with Crippen LogP contribution < -0.4 is 29.1 Å². The average Bonchev–Trinajstić information content (AvgIpc) is 3.43. The second kappa shape index (κ2) is 22.3. The Bertz CT molecular complexity index is 3530. The zero-order valence-electron chi connectivity index (χ0n) is 40.1. The van der Waals surface area contributed by atoms with Crippen molar-refractivity contribution in [3.63, 3.8) is 0 Å². The Labute approximate surface area is 449 Å². The SMILES string of the molecule is Brc1cccc(Oc2cccc(Oc3cc(N(c4ccccc4)c4ccccc4)cc(N(c4ccccc4)c4cccc(N(c5ccccc5)c5cc(Br)cc(N(c6ccccc6)c6ccccc6)c5)c4)c3)c2)c1. The fourth-order valence-electron chi connectivity index (χ4n) is 9.13. The van der Waals surface area contributed by atoms with Crippen LogP contribution in [0, 0.1) is 0 Å². The maximum Gasteiger partial charge on any atom is 0.131 e. The van der Waals surface area contributed by atoms with Gasteiger partial charge in [0.25, 0.3) is 0 Å². The maximum atomic E-state index is 6.93. The summed E-state index contributed by atoms with van der Waals surface area (Å²) in [4.78, 5) is 9.16. The number of ether oxygens (including phenoxy) is 2. The Morgan fingerprint density at radius 1 is 0.189 bits per heavy atom. The standard InChI is InChI=1S/C66H48Br2N4O2/c67-49-22-19-37-63(42-49)73-64-38-21-39-65(48-64)74-66-46-61(70(53-27-11-3-12-28-53)54-29-13-4-14-30-54)45-62(47-66)72(56-33-17-6-18-34-56)58-36-20-35-57(43-58)71(55-31-15-5-16-32-55)60-41-50(68)40-59(44-60)69(51-23-7-1-8-24-51)52-25-9-2-10-26-52/h1-48H. The smallest absolute Gasteiger partial charge is 0.131 e. The molecular weight excluding hydrogens is 1040 g/mol. The highest BCUT2D eigenvalue weighted by Gasteiger charge is 2.23. The molecule has 0 spiro atoms. The van der Waals surface area contributed by atoms with Crippen molar-refractivity contribution in [1.82, 2.24) is 0 Å². The number of benzene rings is 11. The molecule has 0 aliphatic heterocycles. The molecule has 0 N–H and O–H groups in total. The molecule has 6 nitrogen and oxygen atoms in total. The summed E-state index contributed by atoms with van der Waals surface area (Å²) in [7, 11) is 0. The minimum atomic E-state index is 0.629. The number of halogens is 2. The van der Waals surface area contributed by atoms with Crippen molar-refractivity contribution in [3.05, 3.63) is 300 Å². The summed E-state index contributed by atoms with van der Waals surface area (Å²) in [5.74, 6) is 2.64. The minimum absolute atomic E-state index is 0.629. The fraction of sp³-hybridized carbons (Fsp3) is 0. The molecule has 0 saturated carbocycles. The van der Waals surface area contributed by atoms with Crippen LogP contribution in [0.5, 0.6) is 23.0 Å². The van der Waals surface area contributed by atoms with Gasteiger partial charge in [-0.3, -0.25) is 0 Å². The first-order valence-electron chi connectivity index (χ1n) is 24.3. The first-order valence-corrected chi connectivity index (χ1v) is 25.9. The largest absolute Gasteiger partial charge is 0.457 e. The van der Waals surface area contributed by atoms with Crippen LogP contribution in [0.25, 0.3) is 0 Å². The van der Waals surface area contributed by atoms with E-state index in [4.69, 9.17) is 9.47 Å². The highest BCUT2D eigenvalue weighted by molar-refractivity contribution is 9.10. The van der Waals surface area contributed by atoms with Crippen molar-refractivity contribution in [2.45, 2.75) is 0 Å². The number of anilines is 12. The summed E-state index contributed by atoms with van der Waals surface area (Å²) in [6, 6.07) is 100. The van der Waals surface area contributed by atoms with Crippen LogP contribution in [0.1, 0.15) is 0 Å². The van der Waals surface area contributed by atoms with E-state index in [2.05, 4.69) is 282 Å². The molecule has 0 unspecified atom stereocenters. The highest BCUT2D eigenvalue weighted by Crippen LogP contribution is 2.47. The molecule has 0 heterocycles. The molecule has 0 aromatic heterocycles. The second-order valence-electron chi connectivity index (χ2n) is 17.4. The lowest BCUT2D eigenvalue weighted by Crippen LogP contribution is -2.15. The van der Waals surface area contributed by atoms with E-state index in [1.807, 2.05) is 60.7 Å². The Hall–Kier alpha value is -8.82. The molecule has 0 fully saturated rings. The van der Waals surface area contributed by atoms with Crippen LogP contribution in [0.15, 0.2) is 300 Å². The molecule has 358 valence electrons. The van der Waals surface area contributed by atoms with Crippen LogP contribution in [-0.2, 0) is 0 Å². The van der Waals surface area contributed by atoms with Crippen LogP contribution in [0.4, 0.5) is 68.2 Å². The lowest BCUT2D eigenvalue weighted by molar-refractivity contribution is 0.460. The quantitative estimate of drug-likeness (QED) is 0.0959. The van der Waals surface area contributed by atoms with Crippen molar-refractivity contribution in [2.24, 2.45) is 0 Å². The van der Waals surface area contributed by atoms with E-state index in [9.17, 15) is 0 Å². The zero-order valence-corrected chi connectivity index (χ0v) is 43.2. The Morgan fingerprint density at radius 3 is 0.824 bits per heavy atom. The number of hydrogen-bond acceptors (Lipinski definition) is 6. The number of hydrogen-bond donors (Lipinski definition) is 0. The summed E-state index contributed by atoms with van der Waals surface area (Å²) in [5.41, 5.74) is 11.8. The molecule has 11 rings (SSSR count). The predicted molar refractivity (Wildman–Crippen MR) is 314 cm³/mol. The van der Waals surface area contributed by atoms with Crippen LogP contribution >= 0.6 is 31.9 Å². The van der Waals surface area contributed by atoms with Gasteiger partial charge in [-0.15, -0.1) is 0 Å². The van der Waals surface area contributed by atoms with Gasteiger partial charge in [0.05, 0.1) is 11.4 Å². The van der Waals surface area contributed by atoms with E-state index < -0.39 is 0 Å². The molecular formula is C66H48Br2N4O2. The van der Waals surface area contributed by atoms with Gasteiger partial charge >= 0.3 is 0 Å². The van der Waals surface area contributed by atoms with Gasteiger partial charge in [-0.2, -0.15) is 0 Å². The fourth-order valence-corrected chi connectivity index (χ4v) is 9.98. The highest BCUT2D eigenvalue weighted by atomic mass is 79.9. The molecule has 0 aliphatic rings. The first kappa shape index (κ1) is 47.5. The van der Waals surface area contributed by atoms with Gasteiger partial charge in [-0.1, -0.05) is 159 Å². The third-order valence-corrected chi connectivity index (χ3v) is 13.2. The van der Waals surface area contributed by atoms with Gasteiger partial charge in [0, 0.05) is 84.0 Å². The summed E-state index contributed by atoms with van der Waals surface area (Å²) in [6.07, 6.45) is 0. The van der Waals surface area contributed by atoms with E-state index in [1.165, 1.54) is 0 Å². The van der Waals surface area contributed by atoms with Crippen molar-refractivity contribution in [2.75, 3.05) is 19.6 Å². The molecule has 0 aliphatic carbocycles. The monoisotopic (exact) mass is 1090 g/mol. The Balaban J connectivity index is 1.06. The number of rotatable bonds is 16. The van der Waals surface area contributed by atoms with E-state index in [1.54, 1.807) is 0 Å². The molecule has 8 heteroatoms. The Morgan fingerprint density at radius 2 is 0.459 bits per heavy atom. The van der Waals surface area contributed by atoms with Crippen molar-refractivity contribution in [1.29, 1.82) is 0 Å². The van der Waals surface area contributed by atoms with Crippen molar-refractivity contribution < 1.29 is 9.47 Å². The third-order valence-electron chi connectivity index (χ3n) is 12.3. The topological polar surface area (TPSA) is 31.4 Å². The molecule has 11 aromatic carbocycles. The summed E-state index contributed by atoms with van der Waals surface area (Å²) < 4.78 is 15.1. The molecule has 11 aromatic rings. The van der Waals surface area contributed by atoms with Crippen LogP contribution in [0.2, 0.25) is 0 Å². The van der Waals surface area contributed by atoms with Gasteiger partial charge in [0.1, 0.15) is 23.0 Å². The van der Waals surface area contributed by atoms with Gasteiger partial charge < -0.3 is 29.1 Å². The normalized spacial score (nSPS) is 10.8. The lowest BCUT2D eigenvalue weighted by atomic mass is 10.1. The van der Waals surface area contributed by atoms with E-state index >= 15 is 0 Å². The summed E-state index contributed by atoms with van der Waals surface area (Å²) in [6.45, 7) is 0. The molecule has 0 atom stereocenters. The third kappa shape index (κ3) is 11.0. The number of nitrogens with zero attached hydrogens (tertiary/aromatic N) is 4. The first-order chi connectivity index (χ1) is 36.5. The molecule has 0 amide bonds. The zero-order chi connectivity index (χ0) is 50.1. The van der Waals surface area contributed by atoms with E-state index in [0.717, 1.165) is 82.9 Å². The Kier molecular flexibility index (Phi) is 14.3. The van der Waals surface area contributed by atoms with Crippen LogP contribution in [0.3, 0.4) is 0 Å². The van der Waals surface area contributed by atoms with E-state index in [-0.39, 0.29) is 0 Å². The molecule has 0 radical (unpaired) electrons. The maximum absolute atomic E-state index is 6.93. The number of para-hydroxylation sites is 6. The van der Waals surface area contributed by atoms with Gasteiger partial charge in [0.15, 0.2) is 0 Å².